The van der Waals surface area contributed by atoms with Crippen LogP contribution in [-0.4, -0.2) is 44.8 Å². The van der Waals surface area contributed by atoms with Crippen LogP contribution in [0.2, 0.25) is 0 Å². The van der Waals surface area contributed by atoms with Crippen LogP contribution in [0.4, 0.5) is 15.8 Å². The number of hydrogen-bond acceptors (Lipinski definition) is 6. The van der Waals surface area contributed by atoms with Crippen molar-refractivity contribution >= 4 is 45.4 Å². The Bertz CT molecular complexity index is 1350. The van der Waals surface area contributed by atoms with Crippen molar-refractivity contribution in [3.05, 3.63) is 53.0 Å². The van der Waals surface area contributed by atoms with E-state index < -0.39 is 5.82 Å². The Kier molecular flexibility index (Phi) is 5.03. The first-order chi connectivity index (χ1) is 16.0. The van der Waals surface area contributed by atoms with E-state index in [1.54, 1.807) is 23.7 Å². The Morgan fingerprint density at radius 3 is 2.73 bits per heavy atom. The fourth-order valence-electron chi connectivity index (χ4n) is 4.72. The highest BCUT2D eigenvalue weighted by Crippen LogP contribution is 2.33. The van der Waals surface area contributed by atoms with E-state index in [2.05, 4.69) is 24.9 Å². The maximum atomic E-state index is 14.4. The molecule has 7 nitrogen and oxygen atoms in total. The Morgan fingerprint density at radius 1 is 1.15 bits per heavy atom. The standard InChI is InChI=1S/C24H25FN6OS/c1-14-11-31-12-17(10-20(25)23(31)26-14)28-24(32)18-4-5-21(19-13-33-29-22(18)19)30-8-6-16(7-9-30)27-15-2-3-15/h4-5,10-13,15-16,27H,2-3,6-9H2,1H3,(H,28,32). The molecule has 2 N–H and O–H groups in total. The van der Waals surface area contributed by atoms with Gasteiger partial charge in [-0.3, -0.25) is 4.79 Å². The number of rotatable bonds is 5. The number of carbonyl (C=O) groups is 1. The summed E-state index contributed by atoms with van der Waals surface area (Å²) >= 11 is 1.35. The highest BCUT2D eigenvalue weighted by Gasteiger charge is 2.28. The Morgan fingerprint density at radius 2 is 1.94 bits per heavy atom. The second kappa shape index (κ2) is 8.07. The lowest BCUT2D eigenvalue weighted by molar-refractivity contribution is 0.102. The SMILES string of the molecule is Cc1cn2cc(NC(=O)c3ccc(N4CCC(NC5CC5)CC4)c4csnc34)cc(F)c2n1. The number of hydrogen-bond donors (Lipinski definition) is 2. The molecule has 4 aromatic rings. The number of pyridine rings is 1. The average Bonchev–Trinajstić information content (AvgIpc) is 3.32. The summed E-state index contributed by atoms with van der Waals surface area (Å²) in [6, 6.07) is 6.48. The minimum atomic E-state index is -0.477. The van der Waals surface area contributed by atoms with E-state index in [0.29, 0.717) is 28.5 Å². The van der Waals surface area contributed by atoms with E-state index in [-0.39, 0.29) is 11.6 Å². The summed E-state index contributed by atoms with van der Waals surface area (Å²) in [6.07, 6.45) is 8.27. The van der Waals surface area contributed by atoms with Crippen molar-refractivity contribution in [3.63, 3.8) is 0 Å². The van der Waals surface area contributed by atoms with Gasteiger partial charge < -0.3 is 19.9 Å². The normalized spacial score (nSPS) is 17.2. The summed E-state index contributed by atoms with van der Waals surface area (Å²) in [5, 5.41) is 9.57. The fourth-order valence-corrected chi connectivity index (χ4v) is 5.41. The molecule has 6 rings (SSSR count). The molecule has 1 amide bonds. The van der Waals surface area contributed by atoms with Crippen LogP contribution in [0.3, 0.4) is 0 Å². The number of piperidine rings is 1. The number of fused-ring (bicyclic) bond motifs is 2. The van der Waals surface area contributed by atoms with Crippen LogP contribution in [-0.2, 0) is 0 Å². The minimum Gasteiger partial charge on any atom is -0.371 e. The molecule has 0 radical (unpaired) electrons. The summed E-state index contributed by atoms with van der Waals surface area (Å²) in [6.45, 7) is 3.78. The molecule has 1 aromatic carbocycles. The maximum Gasteiger partial charge on any atom is 0.257 e. The van der Waals surface area contributed by atoms with Crippen LogP contribution in [0.5, 0.6) is 0 Å². The number of carbonyl (C=O) groups excluding carboxylic acids is 1. The van der Waals surface area contributed by atoms with Crippen molar-refractivity contribution in [3.8, 4) is 0 Å². The van der Waals surface area contributed by atoms with Crippen LogP contribution in [0, 0.1) is 12.7 Å². The van der Waals surface area contributed by atoms with Gasteiger partial charge in [0.1, 0.15) is 0 Å². The summed E-state index contributed by atoms with van der Waals surface area (Å²) < 4.78 is 20.5. The number of halogens is 1. The molecule has 0 unspecified atom stereocenters. The zero-order chi connectivity index (χ0) is 22.5. The average molecular weight is 465 g/mol. The van der Waals surface area contributed by atoms with Gasteiger partial charge in [-0.05, 0) is 56.3 Å². The first-order valence-electron chi connectivity index (χ1n) is 11.4. The zero-order valence-electron chi connectivity index (χ0n) is 18.3. The molecule has 0 bridgehead atoms. The Labute approximate surface area is 194 Å². The monoisotopic (exact) mass is 464 g/mol. The van der Waals surface area contributed by atoms with E-state index in [0.717, 1.165) is 43.0 Å². The highest BCUT2D eigenvalue weighted by atomic mass is 32.1. The molecule has 2 aliphatic rings. The number of aryl methyl sites for hydroxylation is 1. The molecule has 170 valence electrons. The lowest BCUT2D eigenvalue weighted by atomic mass is 10.0. The molecule has 1 aliphatic heterocycles. The Balaban J connectivity index is 1.23. The van der Waals surface area contributed by atoms with Gasteiger partial charge in [0, 0.05) is 60.1 Å². The molecule has 0 spiro atoms. The number of anilines is 2. The van der Waals surface area contributed by atoms with E-state index in [4.69, 9.17) is 0 Å². The second-order valence-corrected chi connectivity index (χ2v) is 9.68. The predicted octanol–water partition coefficient (Wildman–Crippen LogP) is 4.36. The maximum absolute atomic E-state index is 14.4. The molecule has 0 atom stereocenters. The van der Waals surface area contributed by atoms with Crippen LogP contribution in [0.25, 0.3) is 16.6 Å². The summed E-state index contributed by atoms with van der Waals surface area (Å²) in [4.78, 5) is 19.7. The summed E-state index contributed by atoms with van der Waals surface area (Å²) in [5.41, 5.74) is 3.63. The molecule has 1 saturated carbocycles. The second-order valence-electron chi connectivity index (χ2n) is 9.06. The van der Waals surface area contributed by atoms with Crippen molar-refractivity contribution in [1.29, 1.82) is 0 Å². The van der Waals surface area contributed by atoms with Crippen molar-refractivity contribution in [2.45, 2.75) is 44.7 Å². The van der Waals surface area contributed by atoms with Gasteiger partial charge in [-0.15, -0.1) is 0 Å². The number of amides is 1. The third-order valence-corrected chi connectivity index (χ3v) is 7.15. The van der Waals surface area contributed by atoms with Gasteiger partial charge in [0.25, 0.3) is 5.91 Å². The molecular formula is C24H25FN6OS. The zero-order valence-corrected chi connectivity index (χ0v) is 19.2. The minimum absolute atomic E-state index is 0.243. The summed E-state index contributed by atoms with van der Waals surface area (Å²) in [7, 11) is 0. The van der Waals surface area contributed by atoms with E-state index in [1.165, 1.54) is 30.4 Å². The van der Waals surface area contributed by atoms with Crippen LogP contribution >= 0.6 is 11.5 Å². The highest BCUT2D eigenvalue weighted by molar-refractivity contribution is 7.05. The van der Waals surface area contributed by atoms with Gasteiger partial charge in [-0.25, -0.2) is 9.37 Å². The Hall–Kier alpha value is -3.04. The topological polar surface area (TPSA) is 74.6 Å². The molecule has 3 aromatic heterocycles. The van der Waals surface area contributed by atoms with Crippen LogP contribution < -0.4 is 15.5 Å². The number of nitrogens with zero attached hydrogens (tertiary/aromatic N) is 4. The molecule has 4 heterocycles. The van der Waals surface area contributed by atoms with Gasteiger partial charge in [0.2, 0.25) is 0 Å². The number of aromatic nitrogens is 3. The molecular weight excluding hydrogens is 439 g/mol. The van der Waals surface area contributed by atoms with Crippen LogP contribution in [0.1, 0.15) is 41.7 Å². The first-order valence-corrected chi connectivity index (χ1v) is 12.2. The lowest BCUT2D eigenvalue weighted by Crippen LogP contribution is -2.43. The lowest BCUT2D eigenvalue weighted by Gasteiger charge is -2.34. The number of benzene rings is 1. The van der Waals surface area contributed by atoms with Crippen LogP contribution in [0.15, 0.2) is 36.0 Å². The van der Waals surface area contributed by atoms with E-state index >= 15 is 0 Å². The molecule has 33 heavy (non-hydrogen) atoms. The molecule has 2 fully saturated rings. The van der Waals surface area contributed by atoms with Crippen molar-refractivity contribution in [2.24, 2.45) is 0 Å². The first kappa shape index (κ1) is 20.6. The van der Waals surface area contributed by atoms with Gasteiger partial charge in [-0.2, -0.15) is 4.37 Å². The molecule has 9 heteroatoms. The fraction of sp³-hybridized carbons (Fsp3) is 0.375. The van der Waals surface area contributed by atoms with Gasteiger partial charge in [0.15, 0.2) is 11.5 Å². The van der Waals surface area contributed by atoms with Gasteiger partial charge >= 0.3 is 0 Å². The van der Waals surface area contributed by atoms with Crippen molar-refractivity contribution in [1.82, 2.24) is 19.1 Å². The smallest absolute Gasteiger partial charge is 0.257 e. The molecule has 1 saturated heterocycles. The van der Waals surface area contributed by atoms with Gasteiger partial charge in [0.05, 0.1) is 22.5 Å². The predicted molar refractivity (Wildman–Crippen MR) is 129 cm³/mol. The number of nitrogens with one attached hydrogen (secondary N) is 2. The summed E-state index contributed by atoms with van der Waals surface area (Å²) in [5.74, 6) is -0.782. The number of imidazole rings is 1. The third kappa shape index (κ3) is 3.95. The third-order valence-electron chi connectivity index (χ3n) is 6.52. The van der Waals surface area contributed by atoms with Crippen molar-refractivity contribution in [2.75, 3.05) is 23.3 Å². The van der Waals surface area contributed by atoms with Gasteiger partial charge in [-0.1, -0.05) is 0 Å². The largest absolute Gasteiger partial charge is 0.371 e. The molecule has 1 aliphatic carbocycles. The van der Waals surface area contributed by atoms with E-state index in [9.17, 15) is 9.18 Å². The van der Waals surface area contributed by atoms with E-state index in [1.807, 2.05) is 17.5 Å². The quantitative estimate of drug-likeness (QED) is 0.459. The van der Waals surface area contributed by atoms with Crippen molar-refractivity contribution < 1.29 is 9.18 Å².